The first kappa shape index (κ1) is 18.3. The predicted molar refractivity (Wildman–Crippen MR) is 54.5 cm³/mol. The largest absolute Gasteiger partial charge is 0.503 e. The molecular weight excluding hydrogens is 196 g/mol. The Morgan fingerprint density at radius 1 is 1.38 bits per heavy atom. The van der Waals surface area contributed by atoms with Crippen LogP contribution in [0.1, 0.15) is 26.2 Å². The zero-order valence-electron chi connectivity index (χ0n) is 7.77. The number of hydrogen-bond donors (Lipinski definition) is 4. The highest BCUT2D eigenvalue weighted by Gasteiger charge is 1.90. The van der Waals surface area contributed by atoms with Gasteiger partial charge in [0.15, 0.2) is 0 Å². The Morgan fingerprint density at radius 3 is 2.00 bits per heavy atom. The maximum Gasteiger partial charge on any atom is 0.503 e. The van der Waals surface area contributed by atoms with Crippen molar-refractivity contribution in [3.05, 3.63) is 0 Å². The van der Waals surface area contributed by atoms with Crippen molar-refractivity contribution in [2.75, 3.05) is 6.54 Å². The van der Waals surface area contributed by atoms with Crippen molar-refractivity contribution < 1.29 is 15.0 Å². The van der Waals surface area contributed by atoms with Gasteiger partial charge in [-0.25, -0.2) is 4.79 Å². The maximum atomic E-state index is 8.56. The normalized spacial score (nSPS) is 10.4. The molecule has 5 nitrogen and oxygen atoms in total. The Hall–Kier alpha value is -0.520. The van der Waals surface area contributed by atoms with Gasteiger partial charge in [-0.3, -0.25) is 0 Å². The standard InChI is InChI=1S/C6H16N2.CH2O3.ClH/c1-6(8)4-2-3-5-7;2-1(3)4;/h6H,2-5,7-8H2,1H3;(H2,2,3,4);1H. The molecule has 0 aliphatic rings. The van der Waals surface area contributed by atoms with Gasteiger partial charge in [-0.1, -0.05) is 6.42 Å². The molecule has 0 aromatic heterocycles. The van der Waals surface area contributed by atoms with Crippen LogP contribution in [-0.2, 0) is 0 Å². The minimum atomic E-state index is -1.83. The smallest absolute Gasteiger partial charge is 0.450 e. The molecule has 0 bridgehead atoms. The Labute approximate surface area is 84.5 Å². The van der Waals surface area contributed by atoms with E-state index in [0.717, 1.165) is 19.4 Å². The lowest BCUT2D eigenvalue weighted by Gasteiger charge is -2.01. The second-order valence-corrected chi connectivity index (χ2v) is 2.54. The molecule has 0 saturated carbocycles. The Morgan fingerprint density at radius 2 is 1.77 bits per heavy atom. The Bertz CT molecular complexity index is 108. The molecule has 0 aliphatic carbocycles. The van der Waals surface area contributed by atoms with Crippen LogP contribution in [0.4, 0.5) is 4.79 Å². The molecular formula is C7H19ClN2O3. The minimum absolute atomic E-state index is 0. The summed E-state index contributed by atoms with van der Waals surface area (Å²) in [6.07, 6.45) is 1.56. The van der Waals surface area contributed by atoms with E-state index < -0.39 is 6.16 Å². The molecule has 6 heteroatoms. The second kappa shape index (κ2) is 14.0. The number of hydrogen-bond acceptors (Lipinski definition) is 3. The number of carboxylic acid groups (broad SMARTS) is 2. The van der Waals surface area contributed by atoms with E-state index >= 15 is 0 Å². The summed E-state index contributed by atoms with van der Waals surface area (Å²) >= 11 is 0. The Balaban J connectivity index is -0.000000173. The fourth-order valence-corrected chi connectivity index (χ4v) is 0.611. The van der Waals surface area contributed by atoms with Gasteiger partial charge in [0.1, 0.15) is 0 Å². The molecule has 1 atom stereocenters. The molecule has 0 aromatic carbocycles. The van der Waals surface area contributed by atoms with Crippen LogP contribution in [0.5, 0.6) is 0 Å². The van der Waals surface area contributed by atoms with E-state index in [1.54, 1.807) is 0 Å². The number of carbonyl (C=O) groups is 1. The van der Waals surface area contributed by atoms with Gasteiger partial charge in [-0.15, -0.1) is 12.4 Å². The van der Waals surface area contributed by atoms with Crippen molar-refractivity contribution in [3.63, 3.8) is 0 Å². The van der Waals surface area contributed by atoms with Crippen LogP contribution in [0.25, 0.3) is 0 Å². The summed E-state index contributed by atoms with van der Waals surface area (Å²) in [6.45, 7) is 2.82. The topological polar surface area (TPSA) is 110 Å². The van der Waals surface area contributed by atoms with E-state index in [-0.39, 0.29) is 12.4 Å². The highest BCUT2D eigenvalue weighted by Crippen LogP contribution is 1.95. The van der Waals surface area contributed by atoms with Gasteiger partial charge in [0, 0.05) is 6.04 Å². The monoisotopic (exact) mass is 214 g/mol. The van der Waals surface area contributed by atoms with Crippen LogP contribution in [0, 0.1) is 0 Å². The van der Waals surface area contributed by atoms with Crippen LogP contribution in [-0.4, -0.2) is 29.0 Å². The summed E-state index contributed by atoms with van der Waals surface area (Å²) in [7, 11) is 0. The van der Waals surface area contributed by atoms with Gasteiger partial charge in [0.05, 0.1) is 0 Å². The average Bonchev–Trinajstić information content (AvgIpc) is 1.86. The zero-order valence-corrected chi connectivity index (χ0v) is 8.59. The summed E-state index contributed by atoms with van der Waals surface area (Å²) in [6, 6.07) is 0.349. The zero-order chi connectivity index (χ0) is 9.98. The summed E-state index contributed by atoms with van der Waals surface area (Å²) in [5.41, 5.74) is 10.8. The molecule has 0 aromatic rings. The van der Waals surface area contributed by atoms with Crippen LogP contribution in [0.3, 0.4) is 0 Å². The van der Waals surface area contributed by atoms with E-state index in [4.69, 9.17) is 26.5 Å². The molecule has 0 spiro atoms. The van der Waals surface area contributed by atoms with Crippen molar-refractivity contribution in [2.24, 2.45) is 11.5 Å². The first-order chi connectivity index (χ1) is 5.50. The van der Waals surface area contributed by atoms with Crippen LogP contribution in [0.15, 0.2) is 0 Å². The van der Waals surface area contributed by atoms with E-state index in [2.05, 4.69) is 0 Å². The quantitative estimate of drug-likeness (QED) is 0.524. The van der Waals surface area contributed by atoms with E-state index in [1.165, 1.54) is 6.42 Å². The van der Waals surface area contributed by atoms with Gasteiger partial charge in [-0.2, -0.15) is 0 Å². The Kier molecular flexibility index (Phi) is 19.8. The minimum Gasteiger partial charge on any atom is -0.450 e. The number of rotatable bonds is 4. The number of unbranched alkanes of at least 4 members (excludes halogenated alkanes) is 1. The van der Waals surface area contributed by atoms with Crippen molar-refractivity contribution in [2.45, 2.75) is 32.2 Å². The first-order valence-corrected chi connectivity index (χ1v) is 3.88. The van der Waals surface area contributed by atoms with Crippen LogP contribution >= 0.6 is 12.4 Å². The van der Waals surface area contributed by atoms with Gasteiger partial charge in [0.25, 0.3) is 0 Å². The van der Waals surface area contributed by atoms with Crippen LogP contribution < -0.4 is 11.5 Å². The van der Waals surface area contributed by atoms with Crippen molar-refractivity contribution in [1.82, 2.24) is 0 Å². The SMILES string of the molecule is CC(N)CCCCN.Cl.O=C(O)O. The number of halogens is 1. The van der Waals surface area contributed by atoms with Gasteiger partial charge >= 0.3 is 6.16 Å². The maximum absolute atomic E-state index is 8.56. The molecule has 0 saturated heterocycles. The predicted octanol–water partition coefficient (Wildman–Crippen LogP) is 1.11. The van der Waals surface area contributed by atoms with Crippen molar-refractivity contribution in [3.8, 4) is 0 Å². The lowest BCUT2D eigenvalue weighted by Crippen LogP contribution is -2.14. The molecule has 13 heavy (non-hydrogen) atoms. The summed E-state index contributed by atoms with van der Waals surface area (Å²) in [4.78, 5) is 8.56. The summed E-state index contributed by atoms with van der Waals surface area (Å²) in [5.74, 6) is 0. The number of nitrogens with two attached hydrogens (primary N) is 2. The molecule has 0 radical (unpaired) electrons. The molecule has 0 fully saturated rings. The highest BCUT2D eigenvalue weighted by molar-refractivity contribution is 5.85. The summed E-state index contributed by atoms with van der Waals surface area (Å²) < 4.78 is 0. The lowest BCUT2D eigenvalue weighted by molar-refractivity contribution is 0.137. The molecule has 0 rings (SSSR count). The fourth-order valence-electron chi connectivity index (χ4n) is 0.611. The molecule has 1 unspecified atom stereocenters. The molecule has 6 N–H and O–H groups in total. The van der Waals surface area contributed by atoms with E-state index in [1.807, 2.05) is 6.92 Å². The molecule has 0 heterocycles. The second-order valence-electron chi connectivity index (χ2n) is 2.54. The fraction of sp³-hybridized carbons (Fsp3) is 0.857. The van der Waals surface area contributed by atoms with Gasteiger partial charge in [-0.05, 0) is 26.3 Å². The third kappa shape index (κ3) is 51.4. The summed E-state index contributed by atoms with van der Waals surface area (Å²) in [5, 5.41) is 13.9. The third-order valence-corrected chi connectivity index (χ3v) is 1.11. The van der Waals surface area contributed by atoms with E-state index in [0.29, 0.717) is 6.04 Å². The lowest BCUT2D eigenvalue weighted by atomic mass is 10.1. The molecule has 0 amide bonds. The van der Waals surface area contributed by atoms with Crippen molar-refractivity contribution in [1.29, 1.82) is 0 Å². The van der Waals surface area contributed by atoms with Gasteiger partial charge < -0.3 is 21.7 Å². The van der Waals surface area contributed by atoms with Crippen molar-refractivity contribution >= 4 is 18.6 Å². The molecule has 0 aliphatic heterocycles. The van der Waals surface area contributed by atoms with E-state index in [9.17, 15) is 0 Å². The van der Waals surface area contributed by atoms with Crippen LogP contribution in [0.2, 0.25) is 0 Å². The average molecular weight is 215 g/mol. The highest BCUT2D eigenvalue weighted by atomic mass is 35.5. The van der Waals surface area contributed by atoms with Gasteiger partial charge in [0.2, 0.25) is 0 Å². The first-order valence-electron chi connectivity index (χ1n) is 3.88. The third-order valence-electron chi connectivity index (χ3n) is 1.11. The molecule has 82 valence electrons.